The van der Waals surface area contributed by atoms with Gasteiger partial charge < -0.3 is 9.15 Å². The lowest BCUT2D eigenvalue weighted by Gasteiger charge is -2.14. The highest BCUT2D eigenvalue weighted by Crippen LogP contribution is 2.32. The molecule has 0 N–H and O–H groups in total. The van der Waals surface area contributed by atoms with E-state index in [1.165, 1.54) is 4.88 Å². The first-order chi connectivity index (χ1) is 9.36. The van der Waals surface area contributed by atoms with E-state index >= 15 is 0 Å². The largest absolute Gasteiger partial charge is 0.456 e. The fraction of sp³-hybridized carbons (Fsp3) is 0.200. The third kappa shape index (κ3) is 2.77. The van der Waals surface area contributed by atoms with E-state index in [1.807, 2.05) is 41.8 Å². The molecule has 1 unspecified atom stereocenters. The molecule has 1 aromatic carbocycles. The molecular weight excluding hydrogens is 280 g/mol. The second kappa shape index (κ2) is 5.68. The quantitative estimate of drug-likeness (QED) is 0.600. The lowest BCUT2D eigenvalue weighted by atomic mass is 10.2. The summed E-state index contributed by atoms with van der Waals surface area (Å²) in [5.41, 5.74) is 0.841. The van der Waals surface area contributed by atoms with E-state index in [-0.39, 0.29) is 6.10 Å². The molecule has 3 aromatic rings. The van der Waals surface area contributed by atoms with Crippen LogP contribution in [0.2, 0.25) is 0 Å². The van der Waals surface area contributed by atoms with Gasteiger partial charge in [-0.25, -0.2) is 0 Å². The Morgan fingerprint density at radius 2 is 2.11 bits per heavy atom. The van der Waals surface area contributed by atoms with Gasteiger partial charge in [0.05, 0.1) is 0 Å². The highest BCUT2D eigenvalue weighted by molar-refractivity contribution is 7.10. The Kier molecular flexibility index (Phi) is 3.76. The number of benzene rings is 1. The van der Waals surface area contributed by atoms with Crippen LogP contribution < -0.4 is 4.74 Å². The fourth-order valence-corrected chi connectivity index (χ4v) is 2.98. The minimum Gasteiger partial charge on any atom is -0.456 e. The molecule has 0 bridgehead atoms. The molecule has 0 fully saturated rings. The minimum atomic E-state index is -0.0435. The van der Waals surface area contributed by atoms with Crippen LogP contribution in [0.3, 0.4) is 0 Å². The first-order valence-electron chi connectivity index (χ1n) is 6.11. The van der Waals surface area contributed by atoms with Gasteiger partial charge in [0.2, 0.25) is 0 Å². The number of para-hydroxylation sites is 1. The summed E-state index contributed by atoms with van der Waals surface area (Å²) in [5.74, 6) is 1.10. The number of furan rings is 1. The Bertz CT molecular complexity index is 612. The van der Waals surface area contributed by atoms with Crippen molar-refractivity contribution in [1.82, 2.24) is 0 Å². The Hall–Kier alpha value is -1.45. The second-order valence-corrected chi connectivity index (χ2v) is 5.56. The molecule has 3 rings (SSSR count). The number of alkyl halides is 1. The van der Waals surface area contributed by atoms with Gasteiger partial charge in [0, 0.05) is 28.6 Å². The average molecular weight is 293 g/mol. The van der Waals surface area contributed by atoms with E-state index < -0.39 is 0 Å². The molecule has 0 spiro atoms. The zero-order valence-corrected chi connectivity index (χ0v) is 11.8. The molecule has 4 heteroatoms. The predicted molar refractivity (Wildman–Crippen MR) is 79.2 cm³/mol. The van der Waals surface area contributed by atoms with Crippen molar-refractivity contribution in [2.45, 2.75) is 12.5 Å². The highest BCUT2D eigenvalue weighted by atomic mass is 35.5. The summed E-state index contributed by atoms with van der Waals surface area (Å²) in [6.45, 7) is 0. The molecule has 0 amide bonds. The zero-order valence-electron chi connectivity index (χ0n) is 10.2. The standard InChI is InChI=1S/C15H13ClO2S/c16-8-7-13(14-6-3-9-19-14)18-15-10-11-4-1-2-5-12(11)17-15/h1-6,9-10,13H,7-8H2. The average Bonchev–Trinajstić information content (AvgIpc) is 3.07. The number of fused-ring (bicyclic) bond motifs is 1. The monoisotopic (exact) mass is 292 g/mol. The Morgan fingerprint density at radius 3 is 2.84 bits per heavy atom. The smallest absolute Gasteiger partial charge is 0.286 e. The van der Waals surface area contributed by atoms with Crippen molar-refractivity contribution < 1.29 is 9.15 Å². The molecule has 2 aromatic heterocycles. The minimum absolute atomic E-state index is 0.0435. The normalized spacial score (nSPS) is 12.7. The van der Waals surface area contributed by atoms with Crippen molar-refractivity contribution >= 4 is 33.9 Å². The van der Waals surface area contributed by atoms with Crippen molar-refractivity contribution in [3.8, 4) is 5.95 Å². The molecule has 0 aliphatic heterocycles. The molecule has 0 aliphatic rings. The van der Waals surface area contributed by atoms with Crippen molar-refractivity contribution in [2.75, 3.05) is 5.88 Å². The molecule has 19 heavy (non-hydrogen) atoms. The molecule has 2 heterocycles. The van der Waals surface area contributed by atoms with Crippen LogP contribution in [0.4, 0.5) is 0 Å². The maximum Gasteiger partial charge on any atom is 0.286 e. The number of halogens is 1. The maximum absolute atomic E-state index is 5.94. The first kappa shape index (κ1) is 12.6. The van der Waals surface area contributed by atoms with Crippen molar-refractivity contribution in [2.24, 2.45) is 0 Å². The van der Waals surface area contributed by atoms with Gasteiger partial charge in [0.25, 0.3) is 5.95 Å². The predicted octanol–water partition coefficient (Wildman–Crippen LogP) is 5.24. The van der Waals surface area contributed by atoms with E-state index in [9.17, 15) is 0 Å². The third-order valence-electron chi connectivity index (χ3n) is 2.89. The van der Waals surface area contributed by atoms with Crippen LogP contribution in [0.5, 0.6) is 5.95 Å². The fourth-order valence-electron chi connectivity index (χ4n) is 1.99. The van der Waals surface area contributed by atoms with E-state index in [4.69, 9.17) is 20.8 Å². The van der Waals surface area contributed by atoms with Gasteiger partial charge >= 0.3 is 0 Å². The Balaban J connectivity index is 1.85. The van der Waals surface area contributed by atoms with Crippen LogP contribution in [0.25, 0.3) is 11.0 Å². The molecule has 0 aliphatic carbocycles. The maximum atomic E-state index is 5.94. The summed E-state index contributed by atoms with van der Waals surface area (Å²) >= 11 is 7.52. The molecule has 0 saturated heterocycles. The van der Waals surface area contributed by atoms with Gasteiger partial charge in [0.1, 0.15) is 11.7 Å². The van der Waals surface area contributed by atoms with Crippen LogP contribution in [0.15, 0.2) is 52.3 Å². The van der Waals surface area contributed by atoms with Gasteiger partial charge in [-0.3, -0.25) is 0 Å². The second-order valence-electron chi connectivity index (χ2n) is 4.20. The van der Waals surface area contributed by atoms with Gasteiger partial charge in [-0.05, 0) is 17.5 Å². The van der Waals surface area contributed by atoms with Crippen LogP contribution in [-0.4, -0.2) is 5.88 Å². The molecule has 0 radical (unpaired) electrons. The van der Waals surface area contributed by atoms with Crippen LogP contribution in [-0.2, 0) is 0 Å². The number of hydrogen-bond donors (Lipinski definition) is 0. The molecule has 2 nitrogen and oxygen atoms in total. The molecule has 0 saturated carbocycles. The Labute approximate surface area is 120 Å². The Morgan fingerprint density at radius 1 is 1.21 bits per heavy atom. The van der Waals surface area contributed by atoms with Gasteiger partial charge in [0.15, 0.2) is 0 Å². The molecular formula is C15H13ClO2S. The van der Waals surface area contributed by atoms with Crippen molar-refractivity contribution in [3.63, 3.8) is 0 Å². The molecule has 1 atom stereocenters. The van der Waals surface area contributed by atoms with E-state index in [0.29, 0.717) is 11.8 Å². The number of ether oxygens (including phenoxy) is 1. The summed E-state index contributed by atoms with van der Waals surface area (Å²) in [4.78, 5) is 1.17. The number of hydrogen-bond acceptors (Lipinski definition) is 3. The van der Waals surface area contributed by atoms with Gasteiger partial charge in [-0.2, -0.15) is 0 Å². The van der Waals surface area contributed by atoms with Crippen LogP contribution in [0, 0.1) is 0 Å². The van der Waals surface area contributed by atoms with Gasteiger partial charge in [-0.1, -0.05) is 24.3 Å². The van der Waals surface area contributed by atoms with E-state index in [2.05, 4.69) is 6.07 Å². The highest BCUT2D eigenvalue weighted by Gasteiger charge is 2.16. The van der Waals surface area contributed by atoms with E-state index in [1.54, 1.807) is 11.3 Å². The van der Waals surface area contributed by atoms with Crippen molar-refractivity contribution in [3.05, 3.63) is 52.7 Å². The third-order valence-corrected chi connectivity index (χ3v) is 4.08. The topological polar surface area (TPSA) is 22.4 Å². The summed E-state index contributed by atoms with van der Waals surface area (Å²) in [6.07, 6.45) is 0.720. The van der Waals surface area contributed by atoms with Crippen LogP contribution in [0.1, 0.15) is 17.4 Å². The number of rotatable bonds is 5. The molecule has 98 valence electrons. The van der Waals surface area contributed by atoms with E-state index in [0.717, 1.165) is 17.4 Å². The van der Waals surface area contributed by atoms with Crippen LogP contribution >= 0.6 is 22.9 Å². The van der Waals surface area contributed by atoms with Gasteiger partial charge in [-0.15, -0.1) is 22.9 Å². The summed E-state index contributed by atoms with van der Waals surface area (Å²) in [6, 6.07) is 13.9. The summed E-state index contributed by atoms with van der Waals surface area (Å²) in [7, 11) is 0. The van der Waals surface area contributed by atoms with Crippen molar-refractivity contribution in [1.29, 1.82) is 0 Å². The first-order valence-corrected chi connectivity index (χ1v) is 7.53. The summed E-state index contributed by atoms with van der Waals surface area (Å²) < 4.78 is 11.6. The lowest BCUT2D eigenvalue weighted by Crippen LogP contribution is -2.06. The summed E-state index contributed by atoms with van der Waals surface area (Å²) in [5, 5.41) is 3.09. The SMILES string of the molecule is ClCCC(Oc1cc2ccccc2o1)c1cccs1. The number of thiophene rings is 1. The lowest BCUT2D eigenvalue weighted by molar-refractivity contribution is 0.162. The zero-order chi connectivity index (χ0) is 13.1.